The van der Waals surface area contributed by atoms with Gasteiger partial charge in [-0.2, -0.15) is 0 Å². The fourth-order valence-electron chi connectivity index (χ4n) is 2.60. The maximum atomic E-state index is 13.8. The fourth-order valence-corrected chi connectivity index (χ4v) is 2.60. The molecule has 1 aliphatic heterocycles. The average Bonchev–Trinajstić information content (AvgIpc) is 2.75. The van der Waals surface area contributed by atoms with Crippen LogP contribution in [0.4, 0.5) is 4.39 Å². The SMILES string of the molecule is COC(=O)c1ccnc(/C(COc2ccccc2F)=N/OC2CCCCO2)c1. The molecule has 148 valence electrons. The Morgan fingerprint density at radius 1 is 1.32 bits per heavy atom. The summed E-state index contributed by atoms with van der Waals surface area (Å²) in [5.74, 6) is -0.919. The van der Waals surface area contributed by atoms with E-state index >= 15 is 0 Å². The number of nitrogens with zero attached hydrogens (tertiary/aromatic N) is 2. The van der Waals surface area contributed by atoms with E-state index in [1.54, 1.807) is 12.1 Å². The van der Waals surface area contributed by atoms with Gasteiger partial charge in [-0.05, 0) is 37.1 Å². The van der Waals surface area contributed by atoms with Gasteiger partial charge in [0.1, 0.15) is 12.3 Å². The quantitative estimate of drug-likeness (QED) is 0.411. The van der Waals surface area contributed by atoms with E-state index in [1.165, 1.54) is 37.6 Å². The molecule has 7 nitrogen and oxygen atoms in total. The molecule has 0 spiro atoms. The molecule has 28 heavy (non-hydrogen) atoms. The van der Waals surface area contributed by atoms with Crippen molar-refractivity contribution in [2.24, 2.45) is 5.16 Å². The Morgan fingerprint density at radius 2 is 2.18 bits per heavy atom. The van der Waals surface area contributed by atoms with Crippen LogP contribution in [0.25, 0.3) is 0 Å². The minimum absolute atomic E-state index is 0.0771. The van der Waals surface area contributed by atoms with Gasteiger partial charge >= 0.3 is 5.97 Å². The molecular formula is C20H21FN2O5. The van der Waals surface area contributed by atoms with Crippen LogP contribution >= 0.6 is 0 Å². The molecule has 1 saturated heterocycles. The van der Waals surface area contributed by atoms with E-state index in [2.05, 4.69) is 10.1 Å². The second-order valence-corrected chi connectivity index (χ2v) is 6.08. The summed E-state index contributed by atoms with van der Waals surface area (Å²) >= 11 is 0. The Labute approximate surface area is 162 Å². The van der Waals surface area contributed by atoms with E-state index in [9.17, 15) is 9.18 Å². The van der Waals surface area contributed by atoms with Crippen molar-refractivity contribution in [2.75, 3.05) is 20.3 Å². The number of pyridine rings is 1. The van der Waals surface area contributed by atoms with Gasteiger partial charge in [-0.25, -0.2) is 9.18 Å². The number of aromatic nitrogens is 1. The molecule has 3 rings (SSSR count). The van der Waals surface area contributed by atoms with E-state index in [0.717, 1.165) is 19.3 Å². The van der Waals surface area contributed by atoms with E-state index in [4.69, 9.17) is 19.0 Å². The van der Waals surface area contributed by atoms with Gasteiger partial charge in [-0.1, -0.05) is 17.3 Å². The van der Waals surface area contributed by atoms with Crippen molar-refractivity contribution in [1.29, 1.82) is 0 Å². The third-order valence-corrected chi connectivity index (χ3v) is 4.10. The van der Waals surface area contributed by atoms with E-state index < -0.39 is 18.1 Å². The average molecular weight is 388 g/mol. The zero-order valence-corrected chi connectivity index (χ0v) is 15.5. The molecular weight excluding hydrogens is 367 g/mol. The number of ether oxygens (including phenoxy) is 3. The Hall–Kier alpha value is -3.00. The second kappa shape index (κ2) is 9.80. The van der Waals surface area contributed by atoms with Crippen molar-refractivity contribution in [3.8, 4) is 5.75 Å². The van der Waals surface area contributed by atoms with Crippen LogP contribution in [0.5, 0.6) is 5.75 Å². The Bertz CT molecular complexity index is 837. The molecule has 8 heteroatoms. The van der Waals surface area contributed by atoms with Gasteiger partial charge in [0.05, 0.1) is 25.0 Å². The number of carbonyl (C=O) groups is 1. The molecule has 0 radical (unpaired) electrons. The van der Waals surface area contributed by atoms with Crippen LogP contribution in [-0.2, 0) is 14.3 Å². The van der Waals surface area contributed by atoms with Crippen molar-refractivity contribution >= 4 is 11.7 Å². The van der Waals surface area contributed by atoms with Gasteiger partial charge in [0.15, 0.2) is 11.6 Å². The number of hydrogen-bond donors (Lipinski definition) is 0. The predicted octanol–water partition coefficient (Wildman–Crippen LogP) is 3.33. The number of halogens is 1. The van der Waals surface area contributed by atoms with Gasteiger partial charge in [-0.3, -0.25) is 4.98 Å². The van der Waals surface area contributed by atoms with E-state index in [1.807, 2.05) is 0 Å². The highest BCUT2D eigenvalue weighted by Gasteiger charge is 2.17. The van der Waals surface area contributed by atoms with Gasteiger partial charge < -0.3 is 19.0 Å². The molecule has 0 saturated carbocycles. The zero-order chi connectivity index (χ0) is 19.8. The molecule has 1 aliphatic rings. The van der Waals surface area contributed by atoms with E-state index in [0.29, 0.717) is 23.6 Å². The van der Waals surface area contributed by atoms with Crippen LogP contribution in [0, 0.1) is 5.82 Å². The molecule has 1 unspecified atom stereocenters. The van der Waals surface area contributed by atoms with Crippen molar-refractivity contribution in [2.45, 2.75) is 25.6 Å². The third kappa shape index (κ3) is 5.26. The summed E-state index contributed by atoms with van der Waals surface area (Å²) in [5, 5.41) is 4.12. The summed E-state index contributed by atoms with van der Waals surface area (Å²) in [7, 11) is 1.29. The standard InChI is InChI=1S/C20H21FN2O5/c1-25-20(24)14-9-10-22-16(12-14)17(23-28-19-8-4-5-11-26-19)13-27-18-7-3-2-6-15(18)21/h2-3,6-7,9-10,12,19H,4-5,8,11,13H2,1H3/b23-17+. The molecule has 1 fully saturated rings. The van der Waals surface area contributed by atoms with Crippen LogP contribution in [-0.4, -0.2) is 43.3 Å². The largest absolute Gasteiger partial charge is 0.484 e. The number of para-hydroxylation sites is 1. The molecule has 0 bridgehead atoms. The number of esters is 1. The first-order chi connectivity index (χ1) is 13.7. The van der Waals surface area contributed by atoms with Crippen LogP contribution in [0.1, 0.15) is 35.3 Å². The minimum atomic E-state index is -0.505. The van der Waals surface area contributed by atoms with Gasteiger partial charge in [0.25, 0.3) is 0 Å². The molecule has 0 N–H and O–H groups in total. The van der Waals surface area contributed by atoms with Crippen LogP contribution in [0.2, 0.25) is 0 Å². The fraction of sp³-hybridized carbons (Fsp3) is 0.350. The lowest BCUT2D eigenvalue weighted by atomic mass is 10.2. The molecule has 0 aliphatic carbocycles. The van der Waals surface area contributed by atoms with Gasteiger partial charge in [-0.15, -0.1) is 0 Å². The molecule has 0 amide bonds. The maximum absolute atomic E-state index is 13.8. The first-order valence-electron chi connectivity index (χ1n) is 8.93. The maximum Gasteiger partial charge on any atom is 0.337 e. The smallest absolute Gasteiger partial charge is 0.337 e. The predicted molar refractivity (Wildman–Crippen MR) is 98.7 cm³/mol. The molecule has 1 aromatic carbocycles. The number of carbonyl (C=O) groups excluding carboxylic acids is 1. The zero-order valence-electron chi connectivity index (χ0n) is 15.5. The Balaban J connectivity index is 1.81. The summed E-state index contributed by atoms with van der Waals surface area (Å²) in [6, 6.07) is 9.08. The number of oxime groups is 1. The number of benzene rings is 1. The normalized spacial score (nSPS) is 17.1. The summed E-state index contributed by atoms with van der Waals surface area (Å²) in [5.41, 5.74) is 0.957. The highest BCUT2D eigenvalue weighted by atomic mass is 19.1. The second-order valence-electron chi connectivity index (χ2n) is 6.08. The lowest BCUT2D eigenvalue weighted by Gasteiger charge is -2.20. The lowest BCUT2D eigenvalue weighted by molar-refractivity contribution is -0.162. The van der Waals surface area contributed by atoms with Crippen LogP contribution in [0.3, 0.4) is 0 Å². The first-order valence-corrected chi connectivity index (χ1v) is 8.93. The van der Waals surface area contributed by atoms with Crippen LogP contribution < -0.4 is 4.74 Å². The Kier molecular flexibility index (Phi) is 6.91. The van der Waals surface area contributed by atoms with Crippen molar-refractivity contribution < 1.29 is 28.2 Å². The molecule has 2 aromatic rings. The summed E-state index contributed by atoms with van der Waals surface area (Å²) in [4.78, 5) is 21.5. The van der Waals surface area contributed by atoms with Crippen LogP contribution in [0.15, 0.2) is 47.8 Å². The minimum Gasteiger partial charge on any atom is -0.484 e. The summed E-state index contributed by atoms with van der Waals surface area (Å²) < 4.78 is 29.6. The molecule has 1 aromatic heterocycles. The summed E-state index contributed by atoms with van der Waals surface area (Å²) in [6.07, 6.45) is 3.69. The highest BCUT2D eigenvalue weighted by molar-refractivity contribution is 6.01. The lowest BCUT2D eigenvalue weighted by Crippen LogP contribution is -2.23. The summed E-state index contributed by atoms with van der Waals surface area (Å²) in [6.45, 7) is 0.503. The topological polar surface area (TPSA) is 79.2 Å². The van der Waals surface area contributed by atoms with Gasteiger partial charge in [0, 0.05) is 12.6 Å². The van der Waals surface area contributed by atoms with Crippen molar-refractivity contribution in [1.82, 2.24) is 4.98 Å². The van der Waals surface area contributed by atoms with Crippen molar-refractivity contribution in [3.05, 3.63) is 59.7 Å². The number of rotatable bonds is 7. The van der Waals surface area contributed by atoms with Gasteiger partial charge in [0.2, 0.25) is 6.29 Å². The molecule has 1 atom stereocenters. The number of methoxy groups -OCH3 is 1. The van der Waals surface area contributed by atoms with E-state index in [-0.39, 0.29) is 12.4 Å². The van der Waals surface area contributed by atoms with Crippen molar-refractivity contribution in [3.63, 3.8) is 0 Å². The number of hydrogen-bond acceptors (Lipinski definition) is 7. The third-order valence-electron chi connectivity index (χ3n) is 4.10. The first kappa shape index (κ1) is 19.8. The monoisotopic (exact) mass is 388 g/mol. The highest BCUT2D eigenvalue weighted by Crippen LogP contribution is 2.17. The Morgan fingerprint density at radius 3 is 2.93 bits per heavy atom. The molecule has 2 heterocycles.